The minimum atomic E-state index is -4.79. The molecule has 4 nitrogen and oxygen atoms in total. The van der Waals surface area contributed by atoms with Crippen molar-refractivity contribution in [2.24, 2.45) is 28.3 Å². The molecule has 5 rings (SSSR count). The zero-order chi connectivity index (χ0) is 20.8. The van der Waals surface area contributed by atoms with Gasteiger partial charge in [0.15, 0.2) is 0 Å². The van der Waals surface area contributed by atoms with Gasteiger partial charge >= 0.3 is 6.18 Å². The number of hydrogen-bond acceptors (Lipinski definition) is 3. The first-order valence-corrected chi connectivity index (χ1v) is 10.3. The largest absolute Gasteiger partial charge is 0.431 e. The molecule has 0 heterocycles. The zero-order valence-corrected chi connectivity index (χ0v) is 16.5. The molecule has 4 saturated carbocycles. The van der Waals surface area contributed by atoms with E-state index in [9.17, 15) is 22.8 Å². The number of rotatable bonds is 5. The molecule has 0 spiro atoms. The minimum absolute atomic E-state index is 0.0928. The predicted molar refractivity (Wildman–Crippen MR) is 103 cm³/mol. The van der Waals surface area contributed by atoms with Crippen molar-refractivity contribution in [3.63, 3.8) is 0 Å². The van der Waals surface area contributed by atoms with Crippen molar-refractivity contribution in [1.82, 2.24) is 5.43 Å². The van der Waals surface area contributed by atoms with Crippen molar-refractivity contribution in [3.8, 4) is 0 Å². The van der Waals surface area contributed by atoms with Crippen LogP contribution in [0.4, 0.5) is 13.2 Å². The highest BCUT2D eigenvalue weighted by molar-refractivity contribution is 6.31. The number of ketones is 1. The van der Waals surface area contributed by atoms with Crippen LogP contribution >= 0.6 is 11.6 Å². The van der Waals surface area contributed by atoms with Crippen molar-refractivity contribution < 1.29 is 22.8 Å². The topological polar surface area (TPSA) is 58.5 Å². The number of carbonyl (C=O) groups is 2. The highest BCUT2D eigenvalue weighted by Crippen LogP contribution is 2.60. The standard InChI is InChI=1S/C21H22ClF3N2O2/c22-16-3-1-2-15(7-16)19(29)27-26-17(21(23,24)25)8-18(28)20-9-12-4-13(10-20)6-14(5-12)11-20/h1-3,7,12-14H,4-6,8-11H2,(H,27,29)/b26-17+. The second kappa shape index (κ2) is 7.42. The summed E-state index contributed by atoms with van der Waals surface area (Å²) in [5, 5.41) is 3.58. The number of benzene rings is 1. The first kappa shape index (κ1) is 20.4. The van der Waals surface area contributed by atoms with E-state index < -0.39 is 29.6 Å². The van der Waals surface area contributed by atoms with Crippen LogP contribution in [0, 0.1) is 23.2 Å². The van der Waals surface area contributed by atoms with Gasteiger partial charge in [-0.15, -0.1) is 0 Å². The molecule has 1 amide bonds. The third kappa shape index (κ3) is 4.20. The normalized spacial score (nSPS) is 31.0. The van der Waals surface area contributed by atoms with Gasteiger partial charge in [-0.3, -0.25) is 9.59 Å². The zero-order valence-electron chi connectivity index (χ0n) is 15.8. The average molecular weight is 427 g/mol. The van der Waals surface area contributed by atoms with Crippen LogP contribution in [-0.4, -0.2) is 23.6 Å². The van der Waals surface area contributed by atoms with E-state index in [1.165, 1.54) is 18.2 Å². The number of hydrazone groups is 1. The highest BCUT2D eigenvalue weighted by atomic mass is 35.5. The number of carbonyl (C=O) groups excluding carboxylic acids is 2. The van der Waals surface area contributed by atoms with Crippen LogP contribution in [0.2, 0.25) is 5.02 Å². The van der Waals surface area contributed by atoms with Gasteiger partial charge in [-0.1, -0.05) is 17.7 Å². The summed E-state index contributed by atoms with van der Waals surface area (Å²) in [6.07, 6.45) is -0.216. The summed E-state index contributed by atoms with van der Waals surface area (Å²) in [7, 11) is 0. The molecule has 4 aliphatic carbocycles. The van der Waals surface area contributed by atoms with Crippen LogP contribution in [-0.2, 0) is 4.79 Å². The average Bonchev–Trinajstić information content (AvgIpc) is 2.62. The molecule has 29 heavy (non-hydrogen) atoms. The number of amides is 1. The molecule has 0 aliphatic heterocycles. The number of nitrogens with zero attached hydrogens (tertiary/aromatic N) is 1. The van der Waals surface area contributed by atoms with Gasteiger partial charge in [0, 0.05) is 16.0 Å². The van der Waals surface area contributed by atoms with Gasteiger partial charge in [-0.25, -0.2) is 5.43 Å². The minimum Gasteiger partial charge on any atom is -0.299 e. The van der Waals surface area contributed by atoms with Crippen LogP contribution in [0.5, 0.6) is 0 Å². The van der Waals surface area contributed by atoms with Crippen molar-refractivity contribution in [1.29, 1.82) is 0 Å². The van der Waals surface area contributed by atoms with Crippen LogP contribution in [0.15, 0.2) is 29.4 Å². The van der Waals surface area contributed by atoms with Crippen molar-refractivity contribution in [3.05, 3.63) is 34.9 Å². The van der Waals surface area contributed by atoms with Gasteiger partial charge in [0.1, 0.15) is 11.5 Å². The molecule has 8 heteroatoms. The van der Waals surface area contributed by atoms with Crippen molar-refractivity contribution in [2.45, 2.75) is 51.1 Å². The fourth-order valence-electron chi connectivity index (χ4n) is 5.81. The fourth-order valence-corrected chi connectivity index (χ4v) is 6.00. The van der Waals surface area contributed by atoms with Crippen LogP contribution in [0.1, 0.15) is 55.3 Å². The summed E-state index contributed by atoms with van der Waals surface area (Å²) in [6, 6.07) is 5.82. The molecular formula is C21H22ClF3N2O2. The Balaban J connectivity index is 1.50. The van der Waals surface area contributed by atoms with E-state index in [0.717, 1.165) is 19.3 Å². The lowest BCUT2D eigenvalue weighted by Gasteiger charge is -2.56. The Kier molecular flexibility index (Phi) is 5.21. The van der Waals surface area contributed by atoms with Gasteiger partial charge in [0.25, 0.3) is 5.91 Å². The third-order valence-corrected chi connectivity index (χ3v) is 6.90. The molecule has 0 radical (unpaired) electrons. The molecule has 156 valence electrons. The summed E-state index contributed by atoms with van der Waals surface area (Å²) in [5.41, 5.74) is 0.126. The van der Waals surface area contributed by atoms with Gasteiger partial charge in [-0.05, 0) is 74.5 Å². The van der Waals surface area contributed by atoms with E-state index in [-0.39, 0.29) is 16.4 Å². The van der Waals surface area contributed by atoms with Crippen LogP contribution in [0.3, 0.4) is 0 Å². The lowest BCUT2D eigenvalue weighted by Crippen LogP contribution is -2.50. The molecule has 4 aliphatic rings. The van der Waals surface area contributed by atoms with E-state index in [4.69, 9.17) is 11.6 Å². The van der Waals surface area contributed by atoms with Crippen molar-refractivity contribution in [2.75, 3.05) is 0 Å². The van der Waals surface area contributed by atoms with E-state index in [1.54, 1.807) is 6.07 Å². The molecule has 4 bridgehead atoms. The van der Waals surface area contributed by atoms with Gasteiger partial charge in [-0.2, -0.15) is 18.3 Å². The highest BCUT2D eigenvalue weighted by Gasteiger charge is 2.55. The predicted octanol–water partition coefficient (Wildman–Crippen LogP) is 5.16. The number of Topliss-reactive ketones (excluding diaryl/α,β-unsaturated/α-hetero) is 1. The first-order valence-electron chi connectivity index (χ1n) is 9.87. The fraction of sp³-hybridized carbons (Fsp3) is 0.571. The Labute approximate surface area is 171 Å². The molecule has 1 N–H and O–H groups in total. The number of nitrogens with one attached hydrogen (secondary N) is 1. The third-order valence-electron chi connectivity index (χ3n) is 6.66. The Morgan fingerprint density at radius 1 is 1.10 bits per heavy atom. The van der Waals surface area contributed by atoms with E-state index >= 15 is 0 Å². The summed E-state index contributed by atoms with van der Waals surface area (Å²) in [5.74, 6) is 0.179. The summed E-state index contributed by atoms with van der Waals surface area (Å²) < 4.78 is 40.5. The van der Waals surface area contributed by atoms with Gasteiger partial charge < -0.3 is 0 Å². The Bertz CT molecular complexity index is 830. The quantitative estimate of drug-likeness (QED) is 0.522. The van der Waals surface area contributed by atoms with E-state index in [2.05, 4.69) is 5.10 Å². The molecule has 0 saturated heterocycles. The second-order valence-corrected chi connectivity index (χ2v) is 9.24. The maximum Gasteiger partial charge on any atom is 0.431 e. The van der Waals surface area contributed by atoms with Gasteiger partial charge in [0.05, 0.1) is 6.42 Å². The molecule has 0 aromatic heterocycles. The van der Waals surface area contributed by atoms with E-state index in [0.29, 0.717) is 37.0 Å². The van der Waals surface area contributed by atoms with Crippen LogP contribution in [0.25, 0.3) is 0 Å². The molecule has 0 unspecified atom stereocenters. The molecule has 0 atom stereocenters. The van der Waals surface area contributed by atoms with E-state index in [1.807, 2.05) is 5.43 Å². The summed E-state index contributed by atoms with van der Waals surface area (Å²) in [4.78, 5) is 25.1. The maximum atomic E-state index is 13.5. The lowest BCUT2D eigenvalue weighted by atomic mass is 9.48. The molecule has 1 aromatic rings. The Morgan fingerprint density at radius 3 is 2.21 bits per heavy atom. The number of alkyl halides is 3. The van der Waals surface area contributed by atoms with Gasteiger partial charge in [0.2, 0.25) is 0 Å². The summed E-state index contributed by atoms with van der Waals surface area (Å²) >= 11 is 5.80. The smallest absolute Gasteiger partial charge is 0.299 e. The second-order valence-electron chi connectivity index (χ2n) is 8.81. The Morgan fingerprint density at radius 2 is 1.69 bits per heavy atom. The molecule has 4 fully saturated rings. The maximum absolute atomic E-state index is 13.5. The number of hydrogen-bond donors (Lipinski definition) is 1. The summed E-state index contributed by atoms with van der Waals surface area (Å²) in [6.45, 7) is 0. The number of halogens is 4. The van der Waals surface area contributed by atoms with Crippen molar-refractivity contribution >= 4 is 29.0 Å². The Hall–Kier alpha value is -1.89. The monoisotopic (exact) mass is 426 g/mol. The lowest BCUT2D eigenvalue weighted by molar-refractivity contribution is -0.143. The molecule has 1 aromatic carbocycles. The molecular weight excluding hydrogens is 405 g/mol. The SMILES string of the molecule is O=C(N/N=C(\CC(=O)C12CC3CC(CC(C3)C1)C2)C(F)(F)F)c1cccc(Cl)c1. The van der Waals surface area contributed by atoms with Crippen LogP contribution < -0.4 is 5.43 Å². The first-order chi connectivity index (χ1) is 13.6.